The molecule has 0 aromatic heterocycles. The van der Waals surface area contributed by atoms with Crippen LogP contribution in [0.2, 0.25) is 0 Å². The van der Waals surface area contributed by atoms with Crippen LogP contribution in [0.5, 0.6) is 0 Å². The van der Waals surface area contributed by atoms with Crippen molar-refractivity contribution in [3.8, 4) is 0 Å². The van der Waals surface area contributed by atoms with Gasteiger partial charge in [0.2, 0.25) is 0 Å². The molecule has 0 radical (unpaired) electrons. The summed E-state index contributed by atoms with van der Waals surface area (Å²) >= 11 is 0.700. The van der Waals surface area contributed by atoms with E-state index in [2.05, 4.69) is 6.92 Å². The second kappa shape index (κ2) is 37.9. The Morgan fingerprint density at radius 1 is 0.607 bits per heavy atom. The summed E-state index contributed by atoms with van der Waals surface area (Å²) in [7, 11) is 3.48. The summed E-state index contributed by atoms with van der Waals surface area (Å²) < 4.78 is 8.13. The van der Waals surface area contributed by atoms with Crippen LogP contribution in [0.1, 0.15) is 103 Å². The molecule has 9 heteroatoms. The Labute approximate surface area is 183 Å². The van der Waals surface area contributed by atoms with Crippen LogP contribution < -0.4 is 0 Å². The number of nitrogens with zero attached hydrogens (tertiary/aromatic N) is 1. The zero-order valence-corrected chi connectivity index (χ0v) is 20.3. The second-order valence-corrected chi connectivity index (χ2v) is 7.25. The molecule has 0 fully saturated rings. The summed E-state index contributed by atoms with van der Waals surface area (Å²) in [6, 6.07) is 0. The quantitative estimate of drug-likeness (QED) is 0.0724. The van der Waals surface area contributed by atoms with Crippen LogP contribution in [-0.4, -0.2) is 51.8 Å². The van der Waals surface area contributed by atoms with E-state index in [1.807, 2.05) is 0 Å². The molecule has 176 valence electrons. The molecule has 0 aliphatic heterocycles. The first-order valence-electron chi connectivity index (χ1n) is 10.2. The van der Waals surface area contributed by atoms with Crippen LogP contribution in [0.15, 0.2) is 0 Å². The first-order chi connectivity index (χ1) is 13.1. The van der Waals surface area contributed by atoms with E-state index in [0.717, 1.165) is 13.0 Å². The van der Waals surface area contributed by atoms with Gasteiger partial charge in [0.1, 0.15) is 0 Å². The molecule has 0 amide bonds. The number of hydroxylamine groups is 3. The van der Waals surface area contributed by atoms with E-state index in [4.69, 9.17) is 24.4 Å². The maximum absolute atomic E-state index is 11.4. The third-order valence-corrected chi connectivity index (χ3v) is 4.30. The van der Waals surface area contributed by atoms with Crippen LogP contribution in [-0.2, 0) is 23.2 Å². The second-order valence-electron chi connectivity index (χ2n) is 7.25. The molecule has 0 rings (SSSR count). The Hall–Kier alpha value is 0.208. The number of quaternary nitrogens is 1. The predicted molar refractivity (Wildman–Crippen MR) is 110 cm³/mol. The SMILES string of the molecule is CCCCCCCCCCCCCCCCC[N+](C)(C)[O-].O.OO.OO.[O]=[Mo]. The number of unbranched alkanes of at least 4 members (excludes halogenated alkanes) is 14. The minimum atomic E-state index is -0.127. The molecule has 6 N–H and O–H groups in total. The summed E-state index contributed by atoms with van der Waals surface area (Å²) in [6.45, 7) is 3.06. The molecule has 0 spiro atoms. The molecule has 0 atom stereocenters. The van der Waals surface area contributed by atoms with E-state index in [0.29, 0.717) is 19.8 Å². The van der Waals surface area contributed by atoms with Crippen molar-refractivity contribution in [1.82, 2.24) is 0 Å². The monoisotopic (exact) mass is 499 g/mol. The molecule has 0 aliphatic rings. The fourth-order valence-corrected chi connectivity index (χ4v) is 2.86. The van der Waals surface area contributed by atoms with Gasteiger partial charge < -0.3 is 15.3 Å². The Morgan fingerprint density at radius 2 is 0.821 bits per heavy atom. The summed E-state index contributed by atoms with van der Waals surface area (Å²) in [5.41, 5.74) is 0. The van der Waals surface area contributed by atoms with E-state index in [1.165, 1.54) is 89.9 Å². The number of rotatable bonds is 16. The molecule has 0 aliphatic carbocycles. The predicted octanol–water partition coefficient (Wildman–Crippen LogP) is 5.52. The molecule has 0 heterocycles. The zero-order valence-electron chi connectivity index (χ0n) is 18.3. The molecule has 0 bridgehead atoms. The summed E-state index contributed by atoms with van der Waals surface area (Å²) in [5, 5.41) is 35.4. The molecular formula is C19H47MoNO7. The first kappa shape index (κ1) is 38.8. The van der Waals surface area contributed by atoms with Crippen molar-refractivity contribution in [2.45, 2.75) is 103 Å². The molecule has 0 aromatic rings. The topological polar surface area (TPSA) is 153 Å². The molecule has 0 aromatic carbocycles. The summed E-state index contributed by atoms with van der Waals surface area (Å²) in [4.78, 5) is 0. The van der Waals surface area contributed by atoms with Gasteiger partial charge in [0, 0.05) is 0 Å². The Balaban J connectivity index is -0.000000228. The molecule has 0 saturated carbocycles. The normalized spacial score (nSPS) is 9.57. The van der Waals surface area contributed by atoms with Crippen LogP contribution in [0.3, 0.4) is 0 Å². The van der Waals surface area contributed by atoms with E-state index in [9.17, 15) is 5.21 Å². The van der Waals surface area contributed by atoms with Gasteiger partial charge in [-0.1, -0.05) is 90.4 Å². The number of hydrogen-bond acceptors (Lipinski definition) is 6. The van der Waals surface area contributed by atoms with Crippen molar-refractivity contribution in [3.05, 3.63) is 5.21 Å². The Kier molecular flexibility index (Phi) is 52.5. The first-order valence-corrected chi connectivity index (χ1v) is 11.0. The molecular weight excluding hydrogens is 450 g/mol. The van der Waals surface area contributed by atoms with Gasteiger partial charge in [-0.25, -0.2) is 0 Å². The fourth-order valence-electron chi connectivity index (χ4n) is 2.86. The van der Waals surface area contributed by atoms with E-state index in [1.54, 1.807) is 14.1 Å². The van der Waals surface area contributed by atoms with Crippen LogP contribution in [0, 0.1) is 5.21 Å². The zero-order chi connectivity index (χ0) is 21.8. The van der Waals surface area contributed by atoms with Crippen LogP contribution in [0.25, 0.3) is 0 Å². The Morgan fingerprint density at radius 3 is 1.04 bits per heavy atom. The molecule has 8 nitrogen and oxygen atoms in total. The molecule has 0 saturated heterocycles. The third kappa shape index (κ3) is 50.2. The van der Waals surface area contributed by atoms with Crippen LogP contribution in [0.4, 0.5) is 0 Å². The van der Waals surface area contributed by atoms with Crippen molar-refractivity contribution in [2.75, 3.05) is 20.6 Å². The number of hydrogen-bond donors (Lipinski definition) is 4. The van der Waals surface area contributed by atoms with Gasteiger partial charge in [0.15, 0.2) is 0 Å². The fraction of sp³-hybridized carbons (Fsp3) is 1.00. The van der Waals surface area contributed by atoms with Gasteiger partial charge in [-0.2, -0.15) is 0 Å². The van der Waals surface area contributed by atoms with E-state index in [-0.39, 0.29) is 10.1 Å². The Bertz CT molecular complexity index is 233. The van der Waals surface area contributed by atoms with E-state index >= 15 is 0 Å². The van der Waals surface area contributed by atoms with Gasteiger partial charge in [-0.3, -0.25) is 21.0 Å². The van der Waals surface area contributed by atoms with Gasteiger partial charge in [-0.05, 0) is 12.8 Å². The van der Waals surface area contributed by atoms with Gasteiger partial charge >= 0.3 is 23.2 Å². The molecule has 28 heavy (non-hydrogen) atoms. The average Bonchev–Trinajstić information content (AvgIpc) is 2.69. The molecule has 0 unspecified atom stereocenters. The maximum atomic E-state index is 11.4. The van der Waals surface area contributed by atoms with E-state index < -0.39 is 0 Å². The van der Waals surface area contributed by atoms with Crippen molar-refractivity contribution < 1.29 is 54.3 Å². The van der Waals surface area contributed by atoms with Crippen molar-refractivity contribution >= 4 is 0 Å². The third-order valence-electron chi connectivity index (χ3n) is 4.30. The average molecular weight is 498 g/mol. The summed E-state index contributed by atoms with van der Waals surface area (Å²) in [5.74, 6) is 0. The van der Waals surface area contributed by atoms with Gasteiger partial charge in [0.25, 0.3) is 0 Å². The van der Waals surface area contributed by atoms with Gasteiger partial charge in [-0.15, -0.1) is 0 Å². The van der Waals surface area contributed by atoms with Crippen molar-refractivity contribution in [3.63, 3.8) is 0 Å². The minimum absolute atomic E-state index is 0. The van der Waals surface area contributed by atoms with Crippen molar-refractivity contribution in [2.24, 2.45) is 0 Å². The van der Waals surface area contributed by atoms with Crippen molar-refractivity contribution in [1.29, 1.82) is 0 Å². The standard InChI is InChI=1S/C19H41NO.Mo.2H2O2.H2O.O/c1-4-5-6-7-8-9-10-11-12-13-14-15-16-17-18-19-20(2,3)21;;2*1-2;;/h4-19H2,1-3H3;;2*1-2H;1H2;. The van der Waals surface area contributed by atoms with Gasteiger partial charge in [0.05, 0.1) is 20.6 Å². The van der Waals surface area contributed by atoms with Crippen LogP contribution >= 0.6 is 0 Å². The summed E-state index contributed by atoms with van der Waals surface area (Å²) in [6.07, 6.45) is 20.7.